The SMILES string of the molecule is NC(=O)C(NCc1ccc(F)cc1C(F)(F)F)c1ccccc1. The van der Waals surface area contributed by atoms with E-state index in [1.54, 1.807) is 30.3 Å². The fraction of sp³-hybridized carbons (Fsp3) is 0.188. The maximum absolute atomic E-state index is 13.1. The maximum atomic E-state index is 13.1. The molecular weight excluding hydrogens is 312 g/mol. The third-order valence-electron chi connectivity index (χ3n) is 3.29. The largest absolute Gasteiger partial charge is 0.416 e. The van der Waals surface area contributed by atoms with E-state index in [0.29, 0.717) is 11.6 Å². The first kappa shape index (κ1) is 17.0. The topological polar surface area (TPSA) is 55.1 Å². The number of benzene rings is 2. The Morgan fingerprint density at radius 1 is 1.13 bits per heavy atom. The van der Waals surface area contributed by atoms with Gasteiger partial charge in [-0.1, -0.05) is 36.4 Å². The average molecular weight is 326 g/mol. The van der Waals surface area contributed by atoms with Crippen LogP contribution in [0.15, 0.2) is 48.5 Å². The maximum Gasteiger partial charge on any atom is 0.416 e. The molecule has 0 aromatic heterocycles. The Bertz CT molecular complexity index is 686. The van der Waals surface area contributed by atoms with Crippen molar-refractivity contribution < 1.29 is 22.4 Å². The van der Waals surface area contributed by atoms with Gasteiger partial charge in [-0.2, -0.15) is 13.2 Å². The van der Waals surface area contributed by atoms with Crippen LogP contribution >= 0.6 is 0 Å². The van der Waals surface area contributed by atoms with Gasteiger partial charge in [0.1, 0.15) is 11.9 Å². The number of carbonyl (C=O) groups is 1. The lowest BCUT2D eigenvalue weighted by atomic mass is 10.0. The van der Waals surface area contributed by atoms with Gasteiger partial charge < -0.3 is 5.73 Å². The van der Waals surface area contributed by atoms with Crippen LogP contribution in [0.5, 0.6) is 0 Å². The van der Waals surface area contributed by atoms with Gasteiger partial charge in [0.15, 0.2) is 0 Å². The number of alkyl halides is 3. The third kappa shape index (κ3) is 4.29. The lowest BCUT2D eigenvalue weighted by molar-refractivity contribution is -0.138. The molecule has 122 valence electrons. The Labute approximate surface area is 130 Å². The molecule has 0 fully saturated rings. The van der Waals surface area contributed by atoms with Gasteiger partial charge in [0.05, 0.1) is 5.56 Å². The number of rotatable bonds is 5. The highest BCUT2D eigenvalue weighted by Crippen LogP contribution is 2.32. The van der Waals surface area contributed by atoms with E-state index < -0.39 is 29.5 Å². The first-order valence-corrected chi connectivity index (χ1v) is 6.72. The second kappa shape index (κ2) is 6.78. The zero-order valence-electron chi connectivity index (χ0n) is 11.9. The highest BCUT2D eigenvalue weighted by atomic mass is 19.4. The van der Waals surface area contributed by atoms with Gasteiger partial charge in [-0.15, -0.1) is 0 Å². The molecule has 0 saturated heterocycles. The molecule has 2 aromatic carbocycles. The normalized spacial score (nSPS) is 12.9. The van der Waals surface area contributed by atoms with E-state index >= 15 is 0 Å². The van der Waals surface area contributed by atoms with Crippen molar-refractivity contribution in [3.05, 3.63) is 71.0 Å². The van der Waals surface area contributed by atoms with Gasteiger partial charge in [-0.05, 0) is 23.3 Å². The van der Waals surface area contributed by atoms with E-state index in [-0.39, 0.29) is 12.1 Å². The Balaban J connectivity index is 2.24. The summed E-state index contributed by atoms with van der Waals surface area (Å²) in [7, 11) is 0. The Morgan fingerprint density at radius 2 is 1.78 bits per heavy atom. The summed E-state index contributed by atoms with van der Waals surface area (Å²) >= 11 is 0. The molecule has 3 nitrogen and oxygen atoms in total. The molecule has 2 rings (SSSR count). The molecule has 0 aliphatic heterocycles. The molecular formula is C16H14F4N2O. The predicted octanol–water partition coefficient (Wildman–Crippen LogP) is 3.16. The van der Waals surface area contributed by atoms with Crippen LogP contribution in [0.25, 0.3) is 0 Å². The monoisotopic (exact) mass is 326 g/mol. The summed E-state index contributed by atoms with van der Waals surface area (Å²) in [5.41, 5.74) is 4.59. The van der Waals surface area contributed by atoms with Crippen LogP contribution in [-0.2, 0) is 17.5 Å². The van der Waals surface area contributed by atoms with Crippen LogP contribution in [0.4, 0.5) is 17.6 Å². The molecule has 2 aromatic rings. The number of hydrogen-bond donors (Lipinski definition) is 2. The Hall–Kier alpha value is -2.41. The average Bonchev–Trinajstić information content (AvgIpc) is 2.48. The van der Waals surface area contributed by atoms with E-state index in [9.17, 15) is 22.4 Å². The molecule has 0 saturated carbocycles. The summed E-state index contributed by atoms with van der Waals surface area (Å²) in [4.78, 5) is 11.5. The minimum absolute atomic E-state index is 0.166. The second-order valence-corrected chi connectivity index (χ2v) is 4.93. The third-order valence-corrected chi connectivity index (χ3v) is 3.29. The van der Waals surface area contributed by atoms with Crippen LogP contribution < -0.4 is 11.1 Å². The summed E-state index contributed by atoms with van der Waals surface area (Å²) in [6, 6.07) is 9.85. The molecule has 0 radical (unpaired) electrons. The number of halogens is 4. The summed E-state index contributed by atoms with van der Waals surface area (Å²) in [6.45, 7) is -0.280. The molecule has 1 amide bonds. The molecule has 0 bridgehead atoms. The van der Waals surface area contributed by atoms with Crippen molar-refractivity contribution in [2.75, 3.05) is 0 Å². The highest BCUT2D eigenvalue weighted by Gasteiger charge is 2.34. The molecule has 0 aliphatic carbocycles. The van der Waals surface area contributed by atoms with Crippen LogP contribution in [0.2, 0.25) is 0 Å². The number of carbonyl (C=O) groups excluding carboxylic acids is 1. The van der Waals surface area contributed by atoms with Gasteiger partial charge in [0.2, 0.25) is 5.91 Å². The van der Waals surface area contributed by atoms with E-state index in [2.05, 4.69) is 5.32 Å². The number of amides is 1. The Kier molecular flexibility index (Phi) is 5.00. The minimum Gasteiger partial charge on any atom is -0.368 e. The predicted molar refractivity (Wildman–Crippen MR) is 76.6 cm³/mol. The molecule has 23 heavy (non-hydrogen) atoms. The van der Waals surface area contributed by atoms with Crippen LogP contribution in [0.3, 0.4) is 0 Å². The second-order valence-electron chi connectivity index (χ2n) is 4.93. The van der Waals surface area contributed by atoms with Crippen molar-refractivity contribution in [3.63, 3.8) is 0 Å². The quantitative estimate of drug-likeness (QED) is 0.829. The molecule has 0 spiro atoms. The summed E-state index contributed by atoms with van der Waals surface area (Å²) < 4.78 is 51.9. The van der Waals surface area contributed by atoms with E-state index in [1.165, 1.54) is 0 Å². The fourth-order valence-corrected chi connectivity index (χ4v) is 2.21. The van der Waals surface area contributed by atoms with E-state index in [1.807, 2.05) is 0 Å². The molecule has 0 heterocycles. The number of primary amides is 1. The van der Waals surface area contributed by atoms with Crippen molar-refractivity contribution in [3.8, 4) is 0 Å². The highest BCUT2D eigenvalue weighted by molar-refractivity contribution is 5.81. The Morgan fingerprint density at radius 3 is 2.35 bits per heavy atom. The molecule has 7 heteroatoms. The van der Waals surface area contributed by atoms with E-state index in [0.717, 1.165) is 12.1 Å². The summed E-state index contributed by atoms with van der Waals surface area (Å²) in [6.07, 6.45) is -4.69. The van der Waals surface area contributed by atoms with Gasteiger partial charge in [-0.3, -0.25) is 10.1 Å². The molecule has 0 aliphatic rings. The summed E-state index contributed by atoms with van der Waals surface area (Å²) in [5, 5.41) is 2.69. The van der Waals surface area contributed by atoms with E-state index in [4.69, 9.17) is 5.73 Å². The van der Waals surface area contributed by atoms with Crippen molar-refractivity contribution in [2.24, 2.45) is 5.73 Å². The van der Waals surface area contributed by atoms with Crippen LogP contribution in [0, 0.1) is 5.82 Å². The van der Waals surface area contributed by atoms with Crippen molar-refractivity contribution >= 4 is 5.91 Å². The standard InChI is InChI=1S/C16H14F4N2O/c17-12-7-6-11(13(8-12)16(18,19)20)9-22-14(15(21)23)10-4-2-1-3-5-10/h1-8,14,22H,9H2,(H2,21,23). The zero-order valence-corrected chi connectivity index (χ0v) is 11.9. The van der Waals surface area contributed by atoms with Gasteiger partial charge in [0.25, 0.3) is 0 Å². The lowest BCUT2D eigenvalue weighted by Crippen LogP contribution is -2.33. The lowest BCUT2D eigenvalue weighted by Gasteiger charge is -2.18. The zero-order chi connectivity index (χ0) is 17.0. The van der Waals surface area contributed by atoms with Gasteiger partial charge >= 0.3 is 6.18 Å². The number of nitrogens with one attached hydrogen (secondary N) is 1. The first-order valence-electron chi connectivity index (χ1n) is 6.72. The number of nitrogens with two attached hydrogens (primary N) is 1. The van der Waals surface area contributed by atoms with Crippen molar-refractivity contribution in [2.45, 2.75) is 18.8 Å². The summed E-state index contributed by atoms with van der Waals surface area (Å²) in [5.74, 6) is -1.69. The molecule has 3 N–H and O–H groups in total. The van der Waals surface area contributed by atoms with Gasteiger partial charge in [0, 0.05) is 6.54 Å². The first-order chi connectivity index (χ1) is 10.8. The van der Waals surface area contributed by atoms with Crippen LogP contribution in [-0.4, -0.2) is 5.91 Å². The minimum atomic E-state index is -4.69. The van der Waals surface area contributed by atoms with Crippen molar-refractivity contribution in [1.82, 2.24) is 5.32 Å². The number of hydrogen-bond acceptors (Lipinski definition) is 2. The van der Waals surface area contributed by atoms with Gasteiger partial charge in [-0.25, -0.2) is 4.39 Å². The molecule has 1 atom stereocenters. The van der Waals surface area contributed by atoms with Crippen LogP contribution in [0.1, 0.15) is 22.7 Å². The van der Waals surface area contributed by atoms with Crippen molar-refractivity contribution in [1.29, 1.82) is 0 Å². The smallest absolute Gasteiger partial charge is 0.368 e. The molecule has 1 unspecified atom stereocenters. The fourth-order valence-electron chi connectivity index (χ4n) is 2.21.